The molecule has 0 atom stereocenters. The van der Waals surface area contributed by atoms with Crippen molar-refractivity contribution in [2.24, 2.45) is 5.73 Å². The van der Waals surface area contributed by atoms with Gasteiger partial charge in [0.2, 0.25) is 5.43 Å². The molecule has 100 valence electrons. The first-order valence-corrected chi connectivity index (χ1v) is 5.63. The lowest BCUT2D eigenvalue weighted by atomic mass is 10.2. The molecule has 0 bridgehead atoms. The number of carbonyl (C=O) groups excluding carboxylic acids is 1. The van der Waals surface area contributed by atoms with Gasteiger partial charge < -0.3 is 25.8 Å². The highest BCUT2D eigenvalue weighted by molar-refractivity contribution is 5.95. The molecule has 5 N–H and O–H groups in total. The molecule has 0 fully saturated rings. The first-order valence-electron chi connectivity index (χ1n) is 5.63. The minimum Gasteiger partial charge on any atom is -0.503 e. The third-order valence-electron chi connectivity index (χ3n) is 2.37. The van der Waals surface area contributed by atoms with Crippen LogP contribution in [-0.2, 0) is 6.54 Å². The Kier molecular flexibility index (Phi) is 5.34. The summed E-state index contributed by atoms with van der Waals surface area (Å²) in [5.74, 6) is -1.18. The highest BCUT2D eigenvalue weighted by Crippen LogP contribution is 2.11. The number of aliphatic hydroxyl groups is 1. The van der Waals surface area contributed by atoms with Gasteiger partial charge in [-0.15, -0.1) is 0 Å². The number of pyridine rings is 1. The Morgan fingerprint density at radius 3 is 2.83 bits per heavy atom. The van der Waals surface area contributed by atoms with Gasteiger partial charge in [0.25, 0.3) is 5.91 Å². The second-order valence-corrected chi connectivity index (χ2v) is 3.69. The molecule has 0 aliphatic rings. The van der Waals surface area contributed by atoms with Crippen LogP contribution >= 0.6 is 0 Å². The van der Waals surface area contributed by atoms with Crippen molar-refractivity contribution in [3.8, 4) is 5.75 Å². The zero-order valence-corrected chi connectivity index (χ0v) is 9.93. The van der Waals surface area contributed by atoms with E-state index in [4.69, 9.17) is 10.8 Å². The van der Waals surface area contributed by atoms with Crippen LogP contribution in [-0.4, -0.2) is 40.4 Å². The molecular weight excluding hydrogens is 238 g/mol. The zero-order valence-electron chi connectivity index (χ0n) is 9.93. The van der Waals surface area contributed by atoms with Gasteiger partial charge in [0.1, 0.15) is 0 Å². The molecule has 0 radical (unpaired) electrons. The van der Waals surface area contributed by atoms with Crippen LogP contribution in [0.15, 0.2) is 17.1 Å². The van der Waals surface area contributed by atoms with Gasteiger partial charge in [-0.3, -0.25) is 9.59 Å². The Labute approximate surface area is 104 Å². The van der Waals surface area contributed by atoms with Crippen LogP contribution in [0.4, 0.5) is 0 Å². The minimum absolute atomic E-state index is 0.119. The predicted molar refractivity (Wildman–Crippen MR) is 65.5 cm³/mol. The number of hydrogen-bond donors (Lipinski definition) is 4. The summed E-state index contributed by atoms with van der Waals surface area (Å²) in [5, 5.41) is 21.0. The summed E-state index contributed by atoms with van der Waals surface area (Å²) in [7, 11) is 0. The molecule has 0 spiro atoms. The monoisotopic (exact) mass is 255 g/mol. The highest BCUT2D eigenvalue weighted by Gasteiger charge is 2.17. The van der Waals surface area contributed by atoms with E-state index in [1.807, 2.05) is 0 Å². The topological polar surface area (TPSA) is 118 Å². The molecule has 1 aromatic rings. The standard InChI is InChI=1S/C11H17N3O4/c12-3-1-4-13-11(18)9-10(17)8(16)2-5-14(9)6-7-15/h2,5,15,17H,1,3-4,6-7,12H2,(H,13,18). The molecular formula is C11H17N3O4. The Balaban J connectivity index is 3.00. The Bertz CT molecular complexity index is 470. The molecule has 1 heterocycles. The Morgan fingerprint density at radius 2 is 2.22 bits per heavy atom. The fourth-order valence-corrected chi connectivity index (χ4v) is 1.48. The van der Waals surface area contributed by atoms with Gasteiger partial charge in [0.15, 0.2) is 11.4 Å². The van der Waals surface area contributed by atoms with Crippen molar-refractivity contribution < 1.29 is 15.0 Å². The number of amides is 1. The molecule has 0 aliphatic heterocycles. The maximum absolute atomic E-state index is 11.8. The summed E-state index contributed by atoms with van der Waals surface area (Å²) in [6.07, 6.45) is 1.96. The number of nitrogens with two attached hydrogens (primary N) is 1. The van der Waals surface area contributed by atoms with E-state index in [9.17, 15) is 14.7 Å². The number of aromatic hydroxyl groups is 1. The normalized spacial score (nSPS) is 10.3. The SMILES string of the molecule is NCCCNC(=O)c1c(O)c(=O)ccn1CCO. The third kappa shape index (κ3) is 3.31. The van der Waals surface area contributed by atoms with E-state index in [2.05, 4.69) is 5.32 Å². The molecule has 18 heavy (non-hydrogen) atoms. The van der Waals surface area contributed by atoms with E-state index in [-0.39, 0.29) is 18.8 Å². The van der Waals surface area contributed by atoms with E-state index < -0.39 is 17.1 Å². The summed E-state index contributed by atoms with van der Waals surface area (Å²) >= 11 is 0. The number of rotatable bonds is 6. The maximum atomic E-state index is 11.8. The van der Waals surface area contributed by atoms with E-state index in [0.717, 1.165) is 6.07 Å². The number of aromatic nitrogens is 1. The Hall–Kier alpha value is -1.86. The molecule has 0 aliphatic carbocycles. The van der Waals surface area contributed by atoms with E-state index in [1.165, 1.54) is 10.8 Å². The first kappa shape index (κ1) is 14.2. The van der Waals surface area contributed by atoms with Crippen LogP contribution < -0.4 is 16.5 Å². The molecule has 7 heteroatoms. The van der Waals surface area contributed by atoms with Crippen LogP contribution in [0, 0.1) is 0 Å². The van der Waals surface area contributed by atoms with Gasteiger partial charge in [-0.25, -0.2) is 0 Å². The fraction of sp³-hybridized carbons (Fsp3) is 0.455. The smallest absolute Gasteiger partial charge is 0.271 e. The summed E-state index contributed by atoms with van der Waals surface area (Å²) in [6, 6.07) is 1.14. The predicted octanol–water partition coefficient (Wildman–Crippen LogP) is -1.38. The fourth-order valence-electron chi connectivity index (χ4n) is 1.48. The summed E-state index contributed by atoms with van der Waals surface area (Å²) in [4.78, 5) is 23.1. The van der Waals surface area contributed by atoms with Gasteiger partial charge in [-0.1, -0.05) is 0 Å². The molecule has 0 saturated heterocycles. The van der Waals surface area contributed by atoms with Crippen LogP contribution in [0.2, 0.25) is 0 Å². The van der Waals surface area contributed by atoms with Crippen molar-refractivity contribution in [3.05, 3.63) is 28.2 Å². The Morgan fingerprint density at radius 1 is 1.50 bits per heavy atom. The molecule has 7 nitrogen and oxygen atoms in total. The lowest BCUT2D eigenvalue weighted by Crippen LogP contribution is -2.30. The number of nitrogens with one attached hydrogen (secondary N) is 1. The minimum atomic E-state index is -0.631. The summed E-state index contributed by atoms with van der Waals surface area (Å²) in [6.45, 7) is 0.709. The largest absolute Gasteiger partial charge is 0.503 e. The molecule has 1 aromatic heterocycles. The third-order valence-corrected chi connectivity index (χ3v) is 2.37. The van der Waals surface area contributed by atoms with E-state index >= 15 is 0 Å². The van der Waals surface area contributed by atoms with Crippen LogP contribution in [0.5, 0.6) is 5.75 Å². The molecule has 0 unspecified atom stereocenters. The maximum Gasteiger partial charge on any atom is 0.271 e. The van der Waals surface area contributed by atoms with Crippen molar-refractivity contribution in [2.75, 3.05) is 19.7 Å². The second-order valence-electron chi connectivity index (χ2n) is 3.69. The first-order chi connectivity index (χ1) is 8.61. The van der Waals surface area contributed by atoms with Gasteiger partial charge in [0, 0.05) is 25.4 Å². The zero-order chi connectivity index (χ0) is 13.5. The summed E-state index contributed by atoms with van der Waals surface area (Å²) in [5.41, 5.74) is 4.52. The van der Waals surface area contributed by atoms with Crippen LogP contribution in [0.3, 0.4) is 0 Å². The number of carbonyl (C=O) groups is 1. The number of aliphatic hydroxyl groups excluding tert-OH is 1. The van der Waals surface area contributed by atoms with Gasteiger partial charge in [0.05, 0.1) is 6.61 Å². The molecule has 1 amide bonds. The second kappa shape index (κ2) is 6.77. The lowest BCUT2D eigenvalue weighted by Gasteiger charge is -2.13. The van der Waals surface area contributed by atoms with E-state index in [0.29, 0.717) is 19.5 Å². The highest BCUT2D eigenvalue weighted by atomic mass is 16.3. The number of nitrogens with zero attached hydrogens (tertiary/aromatic N) is 1. The molecule has 0 saturated carbocycles. The van der Waals surface area contributed by atoms with Crippen molar-refractivity contribution in [2.45, 2.75) is 13.0 Å². The van der Waals surface area contributed by atoms with Crippen molar-refractivity contribution in [3.63, 3.8) is 0 Å². The molecule has 1 rings (SSSR count). The lowest BCUT2D eigenvalue weighted by molar-refractivity contribution is 0.0938. The van der Waals surface area contributed by atoms with Gasteiger partial charge >= 0.3 is 0 Å². The average Bonchev–Trinajstić information content (AvgIpc) is 2.34. The average molecular weight is 255 g/mol. The number of hydrogen-bond acceptors (Lipinski definition) is 5. The quantitative estimate of drug-likeness (QED) is 0.467. The van der Waals surface area contributed by atoms with Gasteiger partial charge in [-0.2, -0.15) is 0 Å². The van der Waals surface area contributed by atoms with Crippen LogP contribution in [0.1, 0.15) is 16.9 Å². The summed E-state index contributed by atoms with van der Waals surface area (Å²) < 4.78 is 1.33. The van der Waals surface area contributed by atoms with E-state index in [1.54, 1.807) is 0 Å². The van der Waals surface area contributed by atoms with Crippen molar-refractivity contribution >= 4 is 5.91 Å². The van der Waals surface area contributed by atoms with Crippen molar-refractivity contribution in [1.82, 2.24) is 9.88 Å². The van der Waals surface area contributed by atoms with Gasteiger partial charge in [-0.05, 0) is 13.0 Å². The van der Waals surface area contributed by atoms with Crippen molar-refractivity contribution in [1.29, 1.82) is 0 Å². The van der Waals surface area contributed by atoms with Crippen LogP contribution in [0.25, 0.3) is 0 Å². The molecule has 0 aromatic carbocycles.